The fourth-order valence-electron chi connectivity index (χ4n) is 5.24. The number of nitrogens with one attached hydrogen (secondary N) is 2. The van der Waals surface area contributed by atoms with E-state index in [2.05, 4.69) is 10.6 Å². The van der Waals surface area contributed by atoms with Gasteiger partial charge in [0.2, 0.25) is 5.91 Å². The van der Waals surface area contributed by atoms with Gasteiger partial charge in [-0.1, -0.05) is 13.0 Å². The van der Waals surface area contributed by atoms with Crippen molar-refractivity contribution in [1.29, 1.82) is 0 Å². The number of carbonyl (C=O) groups excluding carboxylic acids is 8. The lowest BCUT2D eigenvalue weighted by Crippen LogP contribution is -2.42. The van der Waals surface area contributed by atoms with Crippen LogP contribution in [0.1, 0.15) is 86.1 Å². The highest BCUT2D eigenvalue weighted by atomic mass is 16.6. The molecule has 15 heteroatoms. The van der Waals surface area contributed by atoms with Crippen molar-refractivity contribution in [3.8, 4) is 5.75 Å². The van der Waals surface area contributed by atoms with E-state index in [0.717, 1.165) is 34.1 Å². The fourth-order valence-corrected chi connectivity index (χ4v) is 5.24. The van der Waals surface area contributed by atoms with Crippen LogP contribution in [0.5, 0.6) is 5.75 Å². The summed E-state index contributed by atoms with van der Waals surface area (Å²) in [5, 5.41) is 5.56. The maximum atomic E-state index is 13.1. The van der Waals surface area contributed by atoms with E-state index in [1.807, 2.05) is 0 Å². The Labute approximate surface area is 303 Å². The smallest absolute Gasteiger partial charge is 0.407 e. The quantitative estimate of drug-likeness (QED) is 0.143. The van der Waals surface area contributed by atoms with Crippen LogP contribution in [0.3, 0.4) is 0 Å². The Morgan fingerprint density at radius 1 is 0.750 bits per heavy atom. The molecule has 6 amide bonds. The number of rotatable bonds is 16. The van der Waals surface area contributed by atoms with Gasteiger partial charge in [-0.15, -0.1) is 0 Å². The van der Waals surface area contributed by atoms with Crippen LogP contribution in [0, 0.1) is 5.92 Å². The second-order valence-electron chi connectivity index (χ2n) is 14.6. The Bertz CT molecular complexity index is 1600. The van der Waals surface area contributed by atoms with Gasteiger partial charge in [-0.3, -0.25) is 43.4 Å². The first-order chi connectivity index (χ1) is 24.2. The largest absolute Gasteiger partial charge is 0.460 e. The van der Waals surface area contributed by atoms with Crippen molar-refractivity contribution in [3.05, 3.63) is 48.1 Å². The summed E-state index contributed by atoms with van der Waals surface area (Å²) in [7, 11) is 0. The summed E-state index contributed by atoms with van der Waals surface area (Å²) < 4.78 is 16.6. The summed E-state index contributed by atoms with van der Waals surface area (Å²) in [5.74, 6) is -4.04. The number of nitrogens with zero attached hydrogens (tertiary/aromatic N) is 2. The lowest BCUT2D eigenvalue weighted by atomic mass is 9.95. The van der Waals surface area contributed by atoms with Crippen molar-refractivity contribution in [2.24, 2.45) is 5.92 Å². The van der Waals surface area contributed by atoms with Crippen molar-refractivity contribution in [1.82, 2.24) is 15.1 Å². The highest BCUT2D eigenvalue weighted by Crippen LogP contribution is 2.29. The van der Waals surface area contributed by atoms with Gasteiger partial charge < -0.3 is 24.8 Å². The standard InChI is InChI=1S/C37H48N4O11/c1-23(34(48)51-36(2,3)4)20-25(38-35(49)52-37(5,6)7)21-24-12-13-27(50-33(47)11-9-19-41-31(45)16-17-32(41)46)26(22-24)39-28(42)10-8-18-40-29(43)14-15-30(40)44/h12-17,22-23,25H,8-11,18-21H2,1-7H3,(H,38,49)(H,39,42)/t23?,25-/m1/s1. The van der Waals surface area contributed by atoms with Gasteiger partial charge in [0.1, 0.15) is 11.2 Å². The lowest BCUT2D eigenvalue weighted by Gasteiger charge is -2.27. The molecule has 1 aromatic carbocycles. The highest BCUT2D eigenvalue weighted by molar-refractivity contribution is 6.13. The Morgan fingerprint density at radius 2 is 1.27 bits per heavy atom. The minimum absolute atomic E-state index is 0.0185. The number of ether oxygens (including phenoxy) is 3. The van der Waals surface area contributed by atoms with E-state index in [1.165, 1.54) is 6.07 Å². The summed E-state index contributed by atoms with van der Waals surface area (Å²) >= 11 is 0. The summed E-state index contributed by atoms with van der Waals surface area (Å²) in [5.41, 5.74) is -0.755. The number of benzene rings is 1. The Hall–Kier alpha value is -5.34. The topological polar surface area (TPSA) is 195 Å². The molecule has 0 aliphatic carbocycles. The molecule has 2 heterocycles. The van der Waals surface area contributed by atoms with Gasteiger partial charge in [0.05, 0.1) is 11.6 Å². The molecule has 2 aliphatic heterocycles. The van der Waals surface area contributed by atoms with Crippen LogP contribution >= 0.6 is 0 Å². The van der Waals surface area contributed by atoms with Crippen molar-refractivity contribution >= 4 is 53.3 Å². The number of imide groups is 2. The van der Waals surface area contributed by atoms with Crippen LogP contribution in [-0.2, 0) is 49.5 Å². The minimum Gasteiger partial charge on any atom is -0.460 e. The van der Waals surface area contributed by atoms with E-state index in [9.17, 15) is 38.4 Å². The van der Waals surface area contributed by atoms with Gasteiger partial charge in [0.15, 0.2) is 5.75 Å². The van der Waals surface area contributed by atoms with E-state index in [-0.39, 0.29) is 63.1 Å². The van der Waals surface area contributed by atoms with Crippen LogP contribution < -0.4 is 15.4 Å². The third-order valence-corrected chi connectivity index (χ3v) is 7.54. The van der Waals surface area contributed by atoms with E-state index in [4.69, 9.17) is 14.2 Å². The molecule has 2 aliphatic rings. The lowest BCUT2D eigenvalue weighted by molar-refractivity contribution is -0.160. The van der Waals surface area contributed by atoms with E-state index >= 15 is 0 Å². The third-order valence-electron chi connectivity index (χ3n) is 7.54. The molecule has 1 aromatic rings. The molecule has 0 fully saturated rings. The zero-order chi connectivity index (χ0) is 38.8. The molecule has 0 saturated heterocycles. The fraction of sp³-hybridized carbons (Fsp3) is 0.514. The molecule has 2 N–H and O–H groups in total. The van der Waals surface area contributed by atoms with Crippen LogP contribution in [-0.4, -0.2) is 87.7 Å². The maximum Gasteiger partial charge on any atom is 0.407 e. The molecule has 0 spiro atoms. The van der Waals surface area contributed by atoms with Crippen LogP contribution in [0.4, 0.5) is 10.5 Å². The van der Waals surface area contributed by atoms with Gasteiger partial charge in [-0.2, -0.15) is 0 Å². The first-order valence-corrected chi connectivity index (χ1v) is 17.1. The monoisotopic (exact) mass is 724 g/mol. The first-order valence-electron chi connectivity index (χ1n) is 17.1. The molecule has 3 rings (SSSR count). The van der Waals surface area contributed by atoms with E-state index in [0.29, 0.717) is 5.56 Å². The predicted molar refractivity (Wildman–Crippen MR) is 187 cm³/mol. The van der Waals surface area contributed by atoms with Gasteiger partial charge >= 0.3 is 18.0 Å². The highest BCUT2D eigenvalue weighted by Gasteiger charge is 2.28. The van der Waals surface area contributed by atoms with Gasteiger partial charge in [-0.25, -0.2) is 4.79 Å². The zero-order valence-corrected chi connectivity index (χ0v) is 30.7. The normalized spacial score (nSPS) is 15.5. The van der Waals surface area contributed by atoms with Gasteiger partial charge in [0.25, 0.3) is 23.6 Å². The van der Waals surface area contributed by atoms with Crippen LogP contribution in [0.15, 0.2) is 42.5 Å². The number of alkyl carbamates (subject to hydrolysis) is 1. The number of carbonyl (C=O) groups is 8. The van der Waals surface area contributed by atoms with Gasteiger partial charge in [0, 0.05) is 56.3 Å². The number of esters is 2. The summed E-state index contributed by atoms with van der Waals surface area (Å²) in [6.07, 6.45) is 4.42. The van der Waals surface area contributed by atoms with Crippen LogP contribution in [0.25, 0.3) is 0 Å². The molecule has 1 unspecified atom stereocenters. The Morgan fingerprint density at radius 3 is 1.79 bits per heavy atom. The Kier molecular flexibility index (Phi) is 14.0. The summed E-state index contributed by atoms with van der Waals surface area (Å²) in [6.45, 7) is 12.2. The average Bonchev–Trinajstić information content (AvgIpc) is 3.50. The molecule has 0 radical (unpaired) electrons. The molecular weight excluding hydrogens is 676 g/mol. The minimum atomic E-state index is -0.781. The number of hydrogen-bond donors (Lipinski definition) is 2. The molecule has 0 aromatic heterocycles. The maximum absolute atomic E-state index is 13.1. The SMILES string of the molecule is CC(C[C@H](Cc1ccc(OC(=O)CCCN2C(=O)C=CC2=O)c(NC(=O)CCCN2C(=O)C=CC2=O)c1)NC(=O)OC(C)(C)C)C(=O)OC(C)(C)C. The molecular formula is C37H48N4O11. The van der Waals surface area contributed by atoms with E-state index < -0.39 is 70.7 Å². The Balaban J connectivity index is 1.79. The second kappa shape index (κ2) is 17.7. The first kappa shape index (κ1) is 41.1. The molecule has 2 atom stereocenters. The van der Waals surface area contributed by atoms with E-state index in [1.54, 1.807) is 60.6 Å². The van der Waals surface area contributed by atoms with Gasteiger partial charge in [-0.05, 0) is 84.9 Å². The molecule has 282 valence electrons. The number of amides is 6. The van der Waals surface area contributed by atoms with Crippen LogP contribution in [0.2, 0.25) is 0 Å². The van der Waals surface area contributed by atoms with Crippen molar-refractivity contribution < 1.29 is 52.6 Å². The average molecular weight is 725 g/mol. The summed E-state index contributed by atoms with van der Waals surface area (Å²) in [4.78, 5) is 101. The second-order valence-corrected chi connectivity index (χ2v) is 14.6. The summed E-state index contributed by atoms with van der Waals surface area (Å²) in [6, 6.07) is 4.08. The predicted octanol–water partition coefficient (Wildman–Crippen LogP) is 3.74. The van der Waals surface area contributed by atoms with Crippen molar-refractivity contribution in [3.63, 3.8) is 0 Å². The molecule has 52 heavy (non-hydrogen) atoms. The van der Waals surface area contributed by atoms with Crippen molar-refractivity contribution in [2.45, 2.75) is 104 Å². The number of anilines is 1. The molecule has 15 nitrogen and oxygen atoms in total. The third kappa shape index (κ3) is 13.4. The zero-order valence-electron chi connectivity index (χ0n) is 30.7. The number of hydrogen-bond acceptors (Lipinski definition) is 11. The van der Waals surface area contributed by atoms with Crippen molar-refractivity contribution in [2.75, 3.05) is 18.4 Å². The molecule has 0 bridgehead atoms. The molecule has 0 saturated carbocycles.